The van der Waals surface area contributed by atoms with Crippen LogP contribution in [-0.2, 0) is 6.42 Å². The van der Waals surface area contributed by atoms with E-state index < -0.39 is 0 Å². The predicted octanol–water partition coefficient (Wildman–Crippen LogP) is 3.41. The number of benzene rings is 1. The van der Waals surface area contributed by atoms with Gasteiger partial charge in [0.25, 0.3) is 0 Å². The van der Waals surface area contributed by atoms with Gasteiger partial charge in [-0.05, 0) is 43.5 Å². The van der Waals surface area contributed by atoms with Gasteiger partial charge >= 0.3 is 0 Å². The van der Waals surface area contributed by atoms with Crippen LogP contribution in [0.25, 0.3) is 10.9 Å². The molecule has 0 aliphatic rings. The maximum atomic E-state index is 4.41. The number of hydrogen-bond acceptors (Lipinski definition) is 2. The summed E-state index contributed by atoms with van der Waals surface area (Å²) in [5.41, 5.74) is 2.50. The highest BCUT2D eigenvalue weighted by molar-refractivity contribution is 5.81. The van der Waals surface area contributed by atoms with Gasteiger partial charge in [0.2, 0.25) is 0 Å². The van der Waals surface area contributed by atoms with Crippen molar-refractivity contribution in [1.29, 1.82) is 0 Å². The zero-order valence-corrected chi connectivity index (χ0v) is 11.5. The lowest BCUT2D eigenvalue weighted by molar-refractivity contribution is 0.407. The van der Waals surface area contributed by atoms with Crippen LogP contribution in [0.1, 0.15) is 26.3 Å². The molecule has 2 nitrogen and oxygen atoms in total. The van der Waals surface area contributed by atoms with Crippen LogP contribution in [-0.4, -0.2) is 17.6 Å². The summed E-state index contributed by atoms with van der Waals surface area (Å²) in [7, 11) is 0. The van der Waals surface area contributed by atoms with E-state index in [0.717, 1.165) is 18.5 Å². The molecule has 0 amide bonds. The average molecular weight is 242 g/mol. The van der Waals surface area contributed by atoms with Crippen LogP contribution in [0.5, 0.6) is 0 Å². The van der Waals surface area contributed by atoms with Crippen molar-refractivity contribution in [2.75, 3.05) is 6.54 Å². The van der Waals surface area contributed by atoms with E-state index in [1.807, 2.05) is 12.3 Å². The van der Waals surface area contributed by atoms with E-state index >= 15 is 0 Å². The highest BCUT2D eigenvalue weighted by Crippen LogP contribution is 2.20. The number of fused-ring (bicyclic) bond motifs is 1. The molecule has 0 aliphatic carbocycles. The number of nitrogens with zero attached hydrogens (tertiary/aromatic N) is 1. The van der Waals surface area contributed by atoms with Crippen molar-refractivity contribution in [3.05, 3.63) is 42.1 Å². The fourth-order valence-electron chi connectivity index (χ4n) is 2.38. The number of aromatic nitrogens is 1. The Morgan fingerprint density at radius 1 is 1.17 bits per heavy atom. The lowest BCUT2D eigenvalue weighted by atomic mass is 9.93. The molecule has 0 radical (unpaired) electrons. The lowest BCUT2D eigenvalue weighted by Gasteiger charge is -2.21. The minimum Gasteiger partial charge on any atom is -0.314 e. The van der Waals surface area contributed by atoms with Gasteiger partial charge in [-0.3, -0.25) is 4.98 Å². The van der Waals surface area contributed by atoms with Crippen LogP contribution < -0.4 is 5.32 Å². The van der Waals surface area contributed by atoms with E-state index in [-0.39, 0.29) is 0 Å². The molecule has 1 N–H and O–H groups in total. The van der Waals surface area contributed by atoms with Crippen LogP contribution >= 0.6 is 0 Å². The molecular weight excluding hydrogens is 220 g/mol. The Labute approximate surface area is 109 Å². The second-order valence-corrected chi connectivity index (χ2v) is 5.01. The molecular formula is C16H22N2. The molecule has 0 spiro atoms. The molecule has 0 saturated heterocycles. The van der Waals surface area contributed by atoms with Crippen LogP contribution in [0.3, 0.4) is 0 Å². The maximum absolute atomic E-state index is 4.41. The normalized spacial score (nSPS) is 14.6. The van der Waals surface area contributed by atoms with Crippen LogP contribution in [0.15, 0.2) is 36.5 Å². The molecule has 0 bridgehead atoms. The number of pyridine rings is 1. The van der Waals surface area contributed by atoms with Crippen molar-refractivity contribution in [3.8, 4) is 0 Å². The first-order chi connectivity index (χ1) is 8.72. The quantitative estimate of drug-likeness (QED) is 0.869. The molecule has 2 heteroatoms. The van der Waals surface area contributed by atoms with Gasteiger partial charge in [-0.2, -0.15) is 0 Å². The van der Waals surface area contributed by atoms with Crippen molar-refractivity contribution >= 4 is 10.9 Å². The molecule has 1 heterocycles. The van der Waals surface area contributed by atoms with Crippen LogP contribution in [0.2, 0.25) is 0 Å². The molecule has 1 aromatic carbocycles. The molecule has 0 saturated carbocycles. The monoisotopic (exact) mass is 242 g/mol. The van der Waals surface area contributed by atoms with E-state index in [2.05, 4.69) is 55.3 Å². The fourth-order valence-corrected chi connectivity index (χ4v) is 2.38. The molecule has 2 aromatic rings. The fraction of sp³-hybridized carbons (Fsp3) is 0.438. The molecule has 18 heavy (non-hydrogen) atoms. The summed E-state index contributed by atoms with van der Waals surface area (Å²) in [4.78, 5) is 4.41. The maximum Gasteiger partial charge on any atom is 0.0704 e. The molecule has 0 aliphatic heterocycles. The van der Waals surface area contributed by atoms with E-state index in [1.165, 1.54) is 10.9 Å². The van der Waals surface area contributed by atoms with Gasteiger partial charge in [-0.15, -0.1) is 0 Å². The zero-order valence-electron chi connectivity index (χ0n) is 11.5. The molecule has 2 unspecified atom stereocenters. The van der Waals surface area contributed by atoms with Crippen molar-refractivity contribution in [2.24, 2.45) is 5.92 Å². The molecule has 0 fully saturated rings. The SMILES string of the molecule is CCNC(C)C(C)Cc1ccnc2ccccc12. The zero-order chi connectivity index (χ0) is 13.0. The van der Waals surface area contributed by atoms with E-state index in [0.29, 0.717) is 12.0 Å². The number of nitrogens with one attached hydrogen (secondary N) is 1. The molecule has 96 valence electrons. The first-order valence-corrected chi connectivity index (χ1v) is 6.78. The Kier molecular flexibility index (Phi) is 4.32. The summed E-state index contributed by atoms with van der Waals surface area (Å²) >= 11 is 0. The Hall–Kier alpha value is -1.41. The third-order valence-corrected chi connectivity index (χ3v) is 3.66. The Morgan fingerprint density at radius 2 is 1.94 bits per heavy atom. The summed E-state index contributed by atoms with van der Waals surface area (Å²) in [6.45, 7) is 7.76. The topological polar surface area (TPSA) is 24.9 Å². The van der Waals surface area contributed by atoms with Gasteiger partial charge in [0, 0.05) is 17.6 Å². The molecule has 1 aromatic heterocycles. The second-order valence-electron chi connectivity index (χ2n) is 5.01. The Balaban J connectivity index is 2.21. The highest BCUT2D eigenvalue weighted by Gasteiger charge is 2.13. The molecule has 2 rings (SSSR count). The van der Waals surface area contributed by atoms with Gasteiger partial charge in [0.1, 0.15) is 0 Å². The molecule has 2 atom stereocenters. The summed E-state index contributed by atoms with van der Waals surface area (Å²) in [5, 5.41) is 4.79. The van der Waals surface area contributed by atoms with Crippen molar-refractivity contribution in [2.45, 2.75) is 33.2 Å². The van der Waals surface area contributed by atoms with E-state index in [1.54, 1.807) is 0 Å². The van der Waals surface area contributed by atoms with E-state index in [4.69, 9.17) is 0 Å². The largest absolute Gasteiger partial charge is 0.314 e. The summed E-state index contributed by atoms with van der Waals surface area (Å²) in [5.74, 6) is 0.621. The Morgan fingerprint density at radius 3 is 2.72 bits per heavy atom. The van der Waals surface area contributed by atoms with Gasteiger partial charge in [-0.25, -0.2) is 0 Å². The Bertz CT molecular complexity index is 502. The first-order valence-electron chi connectivity index (χ1n) is 6.78. The highest BCUT2D eigenvalue weighted by atomic mass is 14.9. The third-order valence-electron chi connectivity index (χ3n) is 3.66. The number of para-hydroxylation sites is 1. The summed E-state index contributed by atoms with van der Waals surface area (Å²) in [6, 6.07) is 11.1. The second kappa shape index (κ2) is 5.96. The van der Waals surface area contributed by atoms with Crippen molar-refractivity contribution < 1.29 is 0 Å². The van der Waals surface area contributed by atoms with Gasteiger partial charge in [-0.1, -0.05) is 32.0 Å². The van der Waals surface area contributed by atoms with Crippen LogP contribution in [0.4, 0.5) is 0 Å². The number of hydrogen-bond donors (Lipinski definition) is 1. The van der Waals surface area contributed by atoms with Gasteiger partial charge < -0.3 is 5.32 Å². The van der Waals surface area contributed by atoms with Gasteiger partial charge in [0.15, 0.2) is 0 Å². The first kappa shape index (κ1) is 13.0. The lowest BCUT2D eigenvalue weighted by Crippen LogP contribution is -2.32. The summed E-state index contributed by atoms with van der Waals surface area (Å²) in [6.07, 6.45) is 3.01. The minimum absolute atomic E-state index is 0.543. The van der Waals surface area contributed by atoms with Gasteiger partial charge in [0.05, 0.1) is 5.52 Å². The smallest absolute Gasteiger partial charge is 0.0704 e. The average Bonchev–Trinajstić information content (AvgIpc) is 2.39. The standard InChI is InChI=1S/C16H22N2/c1-4-17-13(3)12(2)11-14-9-10-18-16-8-6-5-7-15(14)16/h5-10,12-13,17H,4,11H2,1-3H3. The predicted molar refractivity (Wildman–Crippen MR) is 77.7 cm³/mol. The van der Waals surface area contributed by atoms with Crippen LogP contribution in [0, 0.1) is 5.92 Å². The summed E-state index contributed by atoms with van der Waals surface area (Å²) < 4.78 is 0. The third kappa shape index (κ3) is 2.88. The van der Waals surface area contributed by atoms with E-state index in [9.17, 15) is 0 Å². The number of rotatable bonds is 5. The minimum atomic E-state index is 0.543. The van der Waals surface area contributed by atoms with Crippen molar-refractivity contribution in [3.63, 3.8) is 0 Å². The van der Waals surface area contributed by atoms with Crippen molar-refractivity contribution in [1.82, 2.24) is 10.3 Å².